The zero-order valence-electron chi connectivity index (χ0n) is 17.4. The number of likely N-dealkylation sites (N-methyl/N-ethyl adjacent to an activating group) is 1. The van der Waals surface area contributed by atoms with Gasteiger partial charge in [-0.25, -0.2) is 9.97 Å². The fraction of sp³-hybridized carbons (Fsp3) is 0.318. The summed E-state index contributed by atoms with van der Waals surface area (Å²) in [6, 6.07) is 12.8. The smallest absolute Gasteiger partial charge is 0.278 e. The number of carbonyl (C=O) groups is 1. The summed E-state index contributed by atoms with van der Waals surface area (Å²) in [4.78, 5) is 27.0. The Morgan fingerprint density at radius 3 is 2.27 bits per heavy atom. The summed E-state index contributed by atoms with van der Waals surface area (Å²) in [5.41, 5.74) is 2.37. The standard InChI is InChI=1S/C22H25N5O3/c1-26-10-12-27(13-11-26)21-20(24-16-6-4-5-7-17(16)25-21)22(28)23-15-8-9-18(29-2)19(14-15)30-3/h4-9,14H,10-13H2,1-3H3,(H,23,28). The maximum absolute atomic E-state index is 13.2. The molecule has 1 aromatic heterocycles. The van der Waals surface area contributed by atoms with Crippen molar-refractivity contribution in [3.8, 4) is 11.5 Å². The first kappa shape index (κ1) is 19.9. The van der Waals surface area contributed by atoms with Crippen molar-refractivity contribution in [2.45, 2.75) is 0 Å². The largest absolute Gasteiger partial charge is 0.493 e. The van der Waals surface area contributed by atoms with Crippen LogP contribution in [0.3, 0.4) is 0 Å². The number of amides is 1. The third-order valence-electron chi connectivity index (χ3n) is 5.21. The molecule has 1 fully saturated rings. The van der Waals surface area contributed by atoms with Gasteiger partial charge in [0, 0.05) is 37.9 Å². The molecular weight excluding hydrogens is 382 g/mol. The Bertz CT molecular complexity index is 1060. The molecule has 156 valence electrons. The second-order valence-electron chi connectivity index (χ2n) is 7.20. The number of fused-ring (bicyclic) bond motifs is 1. The predicted octanol–water partition coefficient (Wildman–Crippen LogP) is 2.65. The van der Waals surface area contributed by atoms with E-state index < -0.39 is 0 Å². The summed E-state index contributed by atoms with van der Waals surface area (Å²) in [6.45, 7) is 3.40. The molecule has 8 heteroatoms. The molecule has 4 rings (SSSR count). The predicted molar refractivity (Wildman–Crippen MR) is 117 cm³/mol. The topological polar surface area (TPSA) is 79.8 Å². The molecule has 0 unspecified atom stereocenters. The minimum Gasteiger partial charge on any atom is -0.493 e. The van der Waals surface area contributed by atoms with Gasteiger partial charge in [-0.15, -0.1) is 0 Å². The van der Waals surface area contributed by atoms with Gasteiger partial charge < -0.3 is 24.6 Å². The maximum Gasteiger partial charge on any atom is 0.278 e. The lowest BCUT2D eigenvalue weighted by Crippen LogP contribution is -2.45. The first-order chi connectivity index (χ1) is 14.6. The quantitative estimate of drug-likeness (QED) is 0.696. The van der Waals surface area contributed by atoms with Crippen molar-refractivity contribution in [1.82, 2.24) is 14.9 Å². The molecule has 0 aliphatic carbocycles. The Balaban J connectivity index is 1.69. The van der Waals surface area contributed by atoms with Gasteiger partial charge in [0.15, 0.2) is 23.0 Å². The van der Waals surface area contributed by atoms with Gasteiger partial charge in [0.05, 0.1) is 25.3 Å². The summed E-state index contributed by atoms with van der Waals surface area (Å²) in [6.07, 6.45) is 0. The number of methoxy groups -OCH3 is 2. The molecule has 30 heavy (non-hydrogen) atoms. The van der Waals surface area contributed by atoms with E-state index in [9.17, 15) is 4.79 Å². The van der Waals surface area contributed by atoms with Gasteiger partial charge in [-0.2, -0.15) is 0 Å². The van der Waals surface area contributed by atoms with E-state index in [1.54, 1.807) is 32.4 Å². The number of benzene rings is 2. The van der Waals surface area contributed by atoms with Crippen molar-refractivity contribution in [3.63, 3.8) is 0 Å². The average Bonchev–Trinajstić information content (AvgIpc) is 2.78. The summed E-state index contributed by atoms with van der Waals surface area (Å²) in [5, 5.41) is 2.92. The minimum atomic E-state index is -0.311. The molecule has 2 aromatic carbocycles. The van der Waals surface area contributed by atoms with E-state index >= 15 is 0 Å². The van der Waals surface area contributed by atoms with Crippen molar-refractivity contribution < 1.29 is 14.3 Å². The zero-order valence-corrected chi connectivity index (χ0v) is 17.4. The summed E-state index contributed by atoms with van der Waals surface area (Å²) in [5.74, 6) is 1.44. The summed E-state index contributed by atoms with van der Waals surface area (Å²) < 4.78 is 10.6. The van der Waals surface area contributed by atoms with Gasteiger partial charge in [0.2, 0.25) is 0 Å². The lowest BCUT2D eigenvalue weighted by atomic mass is 10.2. The molecule has 1 aliphatic heterocycles. The minimum absolute atomic E-state index is 0.311. The number of rotatable bonds is 5. The number of hydrogen-bond acceptors (Lipinski definition) is 7. The molecule has 1 N–H and O–H groups in total. The third kappa shape index (κ3) is 3.99. The first-order valence-corrected chi connectivity index (χ1v) is 9.82. The molecule has 0 saturated carbocycles. The van der Waals surface area contributed by atoms with Crippen molar-refractivity contribution in [1.29, 1.82) is 0 Å². The van der Waals surface area contributed by atoms with Crippen molar-refractivity contribution >= 4 is 28.4 Å². The van der Waals surface area contributed by atoms with Crippen LogP contribution in [0.5, 0.6) is 11.5 Å². The van der Waals surface area contributed by atoms with Crippen LogP contribution in [0, 0.1) is 0 Å². The number of hydrogen-bond donors (Lipinski definition) is 1. The van der Waals surface area contributed by atoms with Crippen LogP contribution in [-0.2, 0) is 0 Å². The van der Waals surface area contributed by atoms with Crippen LogP contribution in [0.4, 0.5) is 11.5 Å². The Morgan fingerprint density at radius 2 is 1.60 bits per heavy atom. The van der Waals surface area contributed by atoms with E-state index in [2.05, 4.69) is 27.1 Å². The number of carbonyl (C=O) groups excluding carboxylic acids is 1. The van der Waals surface area contributed by atoms with Gasteiger partial charge >= 0.3 is 0 Å². The SMILES string of the molecule is COc1ccc(NC(=O)c2nc3ccccc3nc2N2CCN(C)CC2)cc1OC. The average molecular weight is 407 g/mol. The Hall–Kier alpha value is -3.39. The van der Waals surface area contributed by atoms with Gasteiger partial charge in [0.25, 0.3) is 5.91 Å². The second-order valence-corrected chi connectivity index (χ2v) is 7.20. The normalized spacial score (nSPS) is 14.6. The lowest BCUT2D eigenvalue weighted by Gasteiger charge is -2.33. The van der Waals surface area contributed by atoms with E-state index in [0.29, 0.717) is 34.2 Å². The molecular formula is C22H25N5O3. The second kappa shape index (κ2) is 8.54. The van der Waals surface area contributed by atoms with E-state index in [1.807, 2.05) is 24.3 Å². The summed E-state index contributed by atoms with van der Waals surface area (Å²) >= 11 is 0. The number of ether oxygens (including phenoxy) is 2. The Morgan fingerprint density at radius 1 is 0.933 bits per heavy atom. The van der Waals surface area contributed by atoms with Crippen LogP contribution in [0.25, 0.3) is 11.0 Å². The molecule has 0 radical (unpaired) electrons. The molecule has 3 aromatic rings. The molecule has 1 aliphatic rings. The van der Waals surface area contributed by atoms with E-state index in [0.717, 1.165) is 31.7 Å². The van der Waals surface area contributed by atoms with E-state index in [-0.39, 0.29) is 5.91 Å². The number of piperazine rings is 1. The number of para-hydroxylation sites is 2. The molecule has 1 saturated heterocycles. The molecule has 2 heterocycles. The highest BCUT2D eigenvalue weighted by atomic mass is 16.5. The molecule has 8 nitrogen and oxygen atoms in total. The van der Waals surface area contributed by atoms with Crippen LogP contribution in [0.2, 0.25) is 0 Å². The van der Waals surface area contributed by atoms with Crippen molar-refractivity contribution in [2.75, 3.05) is 57.7 Å². The molecule has 0 spiro atoms. The van der Waals surface area contributed by atoms with Crippen molar-refractivity contribution in [3.05, 3.63) is 48.2 Å². The summed E-state index contributed by atoms with van der Waals surface area (Å²) in [7, 11) is 5.22. The number of nitrogens with one attached hydrogen (secondary N) is 1. The Kier molecular flexibility index (Phi) is 5.67. The molecule has 1 amide bonds. The van der Waals surface area contributed by atoms with Crippen LogP contribution in [0.15, 0.2) is 42.5 Å². The zero-order chi connectivity index (χ0) is 21.1. The van der Waals surface area contributed by atoms with Crippen LogP contribution < -0.4 is 19.7 Å². The fourth-order valence-electron chi connectivity index (χ4n) is 3.49. The van der Waals surface area contributed by atoms with Gasteiger partial charge in [-0.3, -0.25) is 4.79 Å². The van der Waals surface area contributed by atoms with Crippen LogP contribution >= 0.6 is 0 Å². The molecule has 0 atom stereocenters. The van der Waals surface area contributed by atoms with E-state index in [1.165, 1.54) is 0 Å². The highest BCUT2D eigenvalue weighted by Gasteiger charge is 2.24. The highest BCUT2D eigenvalue weighted by molar-refractivity contribution is 6.07. The number of anilines is 2. The fourth-order valence-corrected chi connectivity index (χ4v) is 3.49. The van der Waals surface area contributed by atoms with Gasteiger partial charge in [-0.1, -0.05) is 12.1 Å². The monoisotopic (exact) mass is 407 g/mol. The maximum atomic E-state index is 13.2. The number of nitrogens with zero attached hydrogens (tertiary/aromatic N) is 4. The van der Waals surface area contributed by atoms with Crippen molar-refractivity contribution in [2.24, 2.45) is 0 Å². The highest BCUT2D eigenvalue weighted by Crippen LogP contribution is 2.30. The third-order valence-corrected chi connectivity index (χ3v) is 5.21. The van der Waals surface area contributed by atoms with Gasteiger partial charge in [-0.05, 0) is 31.3 Å². The van der Waals surface area contributed by atoms with Gasteiger partial charge in [0.1, 0.15) is 0 Å². The van der Waals surface area contributed by atoms with Crippen LogP contribution in [0.1, 0.15) is 10.5 Å². The Labute approximate surface area is 175 Å². The molecule has 0 bridgehead atoms. The number of aromatic nitrogens is 2. The lowest BCUT2D eigenvalue weighted by molar-refractivity contribution is 0.102. The first-order valence-electron chi connectivity index (χ1n) is 9.82. The van der Waals surface area contributed by atoms with Crippen LogP contribution in [-0.4, -0.2) is 68.2 Å². The van der Waals surface area contributed by atoms with E-state index in [4.69, 9.17) is 14.5 Å².